The number of thiophene rings is 1. The first-order valence-electron chi connectivity index (χ1n) is 5.75. The van der Waals surface area contributed by atoms with Gasteiger partial charge in [0.25, 0.3) is 5.91 Å². The molecular weight excluding hydrogens is 404 g/mol. The molecule has 2 heterocycles. The van der Waals surface area contributed by atoms with Crippen molar-refractivity contribution < 1.29 is 4.79 Å². The fraction of sp³-hybridized carbons (Fsp3) is 0. The van der Waals surface area contributed by atoms with Crippen LogP contribution in [0.2, 0.25) is 0 Å². The van der Waals surface area contributed by atoms with Crippen molar-refractivity contribution in [2.24, 2.45) is 0 Å². The van der Waals surface area contributed by atoms with E-state index in [2.05, 4.69) is 42.2 Å². The molecular formula is C14H8Br2N2OS. The normalized spacial score (nSPS) is 10.7. The van der Waals surface area contributed by atoms with Gasteiger partial charge >= 0.3 is 0 Å². The van der Waals surface area contributed by atoms with Gasteiger partial charge in [-0.15, -0.1) is 11.3 Å². The van der Waals surface area contributed by atoms with Gasteiger partial charge in [0.2, 0.25) is 0 Å². The molecule has 20 heavy (non-hydrogen) atoms. The Kier molecular flexibility index (Phi) is 3.87. The number of anilines is 1. The molecule has 1 aromatic carbocycles. The number of rotatable bonds is 2. The summed E-state index contributed by atoms with van der Waals surface area (Å²) in [4.78, 5) is 17.2. The van der Waals surface area contributed by atoms with Crippen LogP contribution in [-0.2, 0) is 0 Å². The maximum atomic E-state index is 12.3. The minimum atomic E-state index is -0.139. The number of halogens is 2. The van der Waals surface area contributed by atoms with Gasteiger partial charge in [-0.3, -0.25) is 9.78 Å². The molecule has 0 atom stereocenters. The number of hydrogen-bond acceptors (Lipinski definition) is 3. The van der Waals surface area contributed by atoms with E-state index in [4.69, 9.17) is 0 Å². The predicted molar refractivity (Wildman–Crippen MR) is 89.4 cm³/mol. The van der Waals surface area contributed by atoms with E-state index in [-0.39, 0.29) is 5.91 Å². The largest absolute Gasteiger partial charge is 0.319 e. The van der Waals surface area contributed by atoms with Gasteiger partial charge < -0.3 is 5.32 Å². The predicted octanol–water partition coefficient (Wildman–Crippen LogP) is 5.07. The van der Waals surface area contributed by atoms with Crippen LogP contribution in [-0.4, -0.2) is 10.9 Å². The molecule has 100 valence electrons. The molecule has 1 N–H and O–H groups in total. The summed E-state index contributed by atoms with van der Waals surface area (Å²) in [5.74, 6) is -0.139. The number of nitrogens with zero attached hydrogens (tertiary/aromatic N) is 1. The molecule has 0 fully saturated rings. The highest BCUT2D eigenvalue weighted by Gasteiger charge is 2.13. The summed E-state index contributed by atoms with van der Waals surface area (Å²) in [6.45, 7) is 0. The molecule has 0 aliphatic carbocycles. The van der Waals surface area contributed by atoms with E-state index >= 15 is 0 Å². The lowest BCUT2D eigenvalue weighted by Gasteiger charge is -2.06. The Morgan fingerprint density at radius 3 is 2.75 bits per heavy atom. The lowest BCUT2D eigenvalue weighted by Crippen LogP contribution is -2.10. The van der Waals surface area contributed by atoms with Crippen molar-refractivity contribution in [1.82, 2.24) is 4.98 Å². The van der Waals surface area contributed by atoms with Crippen LogP contribution in [0.25, 0.3) is 10.9 Å². The highest BCUT2D eigenvalue weighted by Crippen LogP contribution is 2.33. The van der Waals surface area contributed by atoms with Gasteiger partial charge in [0.15, 0.2) is 0 Å². The first-order valence-corrected chi connectivity index (χ1v) is 8.15. The van der Waals surface area contributed by atoms with Crippen molar-refractivity contribution in [3.8, 4) is 0 Å². The van der Waals surface area contributed by atoms with Crippen LogP contribution in [0.4, 0.5) is 5.69 Å². The lowest BCUT2D eigenvalue weighted by molar-refractivity contribution is 0.103. The second-order valence-corrected chi connectivity index (χ2v) is 7.29. The van der Waals surface area contributed by atoms with Crippen molar-refractivity contribution >= 4 is 65.7 Å². The van der Waals surface area contributed by atoms with E-state index in [9.17, 15) is 4.79 Å². The number of aromatic nitrogens is 1. The van der Waals surface area contributed by atoms with Crippen LogP contribution < -0.4 is 5.32 Å². The van der Waals surface area contributed by atoms with E-state index in [0.717, 1.165) is 19.2 Å². The van der Waals surface area contributed by atoms with E-state index in [1.807, 2.05) is 30.3 Å². The fourth-order valence-electron chi connectivity index (χ4n) is 1.85. The lowest BCUT2D eigenvalue weighted by atomic mass is 10.2. The van der Waals surface area contributed by atoms with Gasteiger partial charge in [-0.1, -0.05) is 18.2 Å². The Labute approximate surface area is 136 Å². The molecule has 3 aromatic rings. The van der Waals surface area contributed by atoms with Gasteiger partial charge in [-0.25, -0.2) is 0 Å². The number of fused-ring (bicyclic) bond motifs is 1. The van der Waals surface area contributed by atoms with Crippen molar-refractivity contribution in [3.63, 3.8) is 0 Å². The zero-order valence-electron chi connectivity index (χ0n) is 10.1. The first kappa shape index (κ1) is 13.7. The molecule has 0 saturated heterocycles. The average molecular weight is 412 g/mol. The zero-order valence-corrected chi connectivity index (χ0v) is 14.0. The van der Waals surface area contributed by atoms with E-state index in [0.29, 0.717) is 10.6 Å². The number of para-hydroxylation sites is 1. The second kappa shape index (κ2) is 5.63. The Hall–Kier alpha value is -1.24. The maximum absolute atomic E-state index is 12.3. The molecule has 0 aliphatic rings. The zero-order chi connectivity index (χ0) is 14.1. The quantitative estimate of drug-likeness (QED) is 0.639. The molecule has 1 amide bonds. The number of nitrogens with one attached hydrogen (secondary N) is 1. The molecule has 0 aliphatic heterocycles. The highest BCUT2D eigenvalue weighted by atomic mass is 79.9. The monoisotopic (exact) mass is 410 g/mol. The van der Waals surface area contributed by atoms with Gasteiger partial charge in [-0.2, -0.15) is 0 Å². The third-order valence-electron chi connectivity index (χ3n) is 2.75. The molecule has 0 spiro atoms. The van der Waals surface area contributed by atoms with Gasteiger partial charge in [0.1, 0.15) is 0 Å². The summed E-state index contributed by atoms with van der Waals surface area (Å²) in [6.07, 6.45) is 1.72. The van der Waals surface area contributed by atoms with Crippen molar-refractivity contribution in [2.45, 2.75) is 0 Å². The summed E-state index contributed by atoms with van der Waals surface area (Å²) in [7, 11) is 0. The number of carbonyl (C=O) groups is 1. The van der Waals surface area contributed by atoms with Crippen LogP contribution >= 0.6 is 43.2 Å². The number of amides is 1. The molecule has 0 saturated carbocycles. The second-order valence-electron chi connectivity index (χ2n) is 4.07. The van der Waals surface area contributed by atoms with E-state index in [1.165, 1.54) is 11.3 Å². The minimum absolute atomic E-state index is 0.139. The van der Waals surface area contributed by atoms with Crippen molar-refractivity contribution in [1.29, 1.82) is 0 Å². The summed E-state index contributed by atoms with van der Waals surface area (Å²) >= 11 is 8.15. The topological polar surface area (TPSA) is 42.0 Å². The number of benzene rings is 1. The van der Waals surface area contributed by atoms with Crippen molar-refractivity contribution in [2.75, 3.05) is 5.32 Å². The summed E-state index contributed by atoms with van der Waals surface area (Å²) in [5, 5.41) is 3.91. The summed E-state index contributed by atoms with van der Waals surface area (Å²) < 4.78 is 1.78. The Bertz CT molecular complexity index is 776. The van der Waals surface area contributed by atoms with Crippen LogP contribution in [0.1, 0.15) is 9.67 Å². The standard InChI is InChI=1S/C14H8Br2N2OS/c15-9-7-11(20-13(9)16)14(19)18-10-5-1-3-8-4-2-6-17-12(8)10/h1-7H,(H,18,19). The molecule has 6 heteroatoms. The Morgan fingerprint density at radius 1 is 1.20 bits per heavy atom. The van der Waals surface area contributed by atoms with Crippen molar-refractivity contribution in [3.05, 3.63) is 55.7 Å². The Balaban J connectivity index is 1.95. The molecule has 3 nitrogen and oxygen atoms in total. The average Bonchev–Trinajstić information content (AvgIpc) is 2.79. The van der Waals surface area contributed by atoms with Crippen LogP contribution in [0.5, 0.6) is 0 Å². The third kappa shape index (κ3) is 2.63. The highest BCUT2D eigenvalue weighted by molar-refractivity contribution is 9.13. The maximum Gasteiger partial charge on any atom is 0.265 e. The van der Waals surface area contributed by atoms with Gasteiger partial charge in [-0.05, 0) is 50.1 Å². The first-order chi connectivity index (χ1) is 9.65. The molecule has 2 aromatic heterocycles. The smallest absolute Gasteiger partial charge is 0.265 e. The molecule has 0 radical (unpaired) electrons. The van der Waals surface area contributed by atoms with Crippen LogP contribution in [0, 0.1) is 0 Å². The number of carbonyl (C=O) groups excluding carboxylic acids is 1. The number of hydrogen-bond donors (Lipinski definition) is 1. The molecule has 0 unspecified atom stereocenters. The molecule has 3 rings (SSSR count). The Morgan fingerprint density at radius 2 is 2.00 bits per heavy atom. The minimum Gasteiger partial charge on any atom is -0.319 e. The number of pyridine rings is 1. The van der Waals surface area contributed by atoms with Crippen LogP contribution in [0.3, 0.4) is 0 Å². The SMILES string of the molecule is O=C(Nc1cccc2cccnc12)c1cc(Br)c(Br)s1. The van der Waals surface area contributed by atoms with Gasteiger partial charge in [0.05, 0.1) is 19.9 Å². The van der Waals surface area contributed by atoms with E-state index in [1.54, 1.807) is 12.3 Å². The third-order valence-corrected chi connectivity index (χ3v) is 6.00. The van der Waals surface area contributed by atoms with Crippen LogP contribution in [0.15, 0.2) is 50.9 Å². The molecule has 0 bridgehead atoms. The van der Waals surface area contributed by atoms with Gasteiger partial charge in [0, 0.05) is 16.1 Å². The fourth-order valence-corrected chi connectivity index (χ4v) is 3.78. The summed E-state index contributed by atoms with van der Waals surface area (Å²) in [6, 6.07) is 11.4. The van der Waals surface area contributed by atoms with E-state index < -0.39 is 0 Å². The summed E-state index contributed by atoms with van der Waals surface area (Å²) in [5.41, 5.74) is 1.51.